The fourth-order valence-corrected chi connectivity index (χ4v) is 5.32. The molecule has 0 aromatic heterocycles. The predicted molar refractivity (Wildman–Crippen MR) is 101 cm³/mol. The van der Waals surface area contributed by atoms with Gasteiger partial charge in [0.2, 0.25) is 21.9 Å². The van der Waals surface area contributed by atoms with Gasteiger partial charge in [-0.25, -0.2) is 18.1 Å². The Balaban J connectivity index is 1.82. The Morgan fingerprint density at radius 1 is 1.12 bits per heavy atom. The molecule has 0 atom stereocenters. The number of guanidine groups is 2. The van der Waals surface area contributed by atoms with E-state index in [0.717, 1.165) is 44.9 Å². The number of para-hydroxylation sites is 1. The number of rotatable bonds is 4. The van der Waals surface area contributed by atoms with Crippen LogP contribution in [-0.2, 0) is 10.0 Å². The van der Waals surface area contributed by atoms with E-state index in [0.29, 0.717) is 5.69 Å². The molecule has 3 aliphatic rings. The van der Waals surface area contributed by atoms with Crippen LogP contribution < -0.4 is 21.1 Å². The highest BCUT2D eigenvalue weighted by molar-refractivity contribution is 7.89. The van der Waals surface area contributed by atoms with Gasteiger partial charge in [-0.05, 0) is 50.7 Å². The molecule has 1 heterocycles. The second-order valence-electron chi connectivity index (χ2n) is 7.18. The van der Waals surface area contributed by atoms with Crippen molar-refractivity contribution in [3.05, 3.63) is 24.3 Å². The first-order valence-electron chi connectivity index (χ1n) is 9.02. The lowest BCUT2D eigenvalue weighted by atomic mass is 9.87. The Labute approximate surface area is 153 Å². The molecule has 1 aromatic carbocycles. The van der Waals surface area contributed by atoms with Crippen LogP contribution in [0.3, 0.4) is 0 Å². The van der Waals surface area contributed by atoms with E-state index < -0.39 is 15.7 Å². The summed E-state index contributed by atoms with van der Waals surface area (Å²) in [5, 5.41) is 0. The molecule has 140 valence electrons. The zero-order valence-electron chi connectivity index (χ0n) is 14.6. The number of nitrogens with zero attached hydrogens (tertiary/aromatic N) is 3. The van der Waals surface area contributed by atoms with Crippen LogP contribution in [0, 0.1) is 0 Å². The highest BCUT2D eigenvalue weighted by Gasteiger charge is 2.44. The molecule has 2 aliphatic carbocycles. The Morgan fingerprint density at radius 3 is 2.50 bits per heavy atom. The Kier molecular flexibility index (Phi) is 4.15. The quantitative estimate of drug-likeness (QED) is 0.729. The molecule has 5 N–H and O–H groups in total. The zero-order valence-corrected chi connectivity index (χ0v) is 15.4. The lowest BCUT2D eigenvalue weighted by molar-refractivity contribution is 0.305. The van der Waals surface area contributed by atoms with Gasteiger partial charge in [-0.1, -0.05) is 18.6 Å². The van der Waals surface area contributed by atoms with Gasteiger partial charge in [-0.2, -0.15) is 4.99 Å². The first-order chi connectivity index (χ1) is 12.4. The van der Waals surface area contributed by atoms with Crippen LogP contribution in [0.5, 0.6) is 0 Å². The largest absolute Gasteiger partial charge is 0.369 e. The van der Waals surface area contributed by atoms with Crippen LogP contribution in [0.15, 0.2) is 39.1 Å². The molecule has 4 rings (SSSR count). The van der Waals surface area contributed by atoms with Crippen LogP contribution in [0.25, 0.3) is 0 Å². The summed E-state index contributed by atoms with van der Waals surface area (Å²) >= 11 is 0. The molecule has 8 nitrogen and oxygen atoms in total. The lowest BCUT2D eigenvalue weighted by Crippen LogP contribution is -2.58. The number of anilines is 1. The van der Waals surface area contributed by atoms with Crippen molar-refractivity contribution in [2.75, 3.05) is 4.90 Å². The summed E-state index contributed by atoms with van der Waals surface area (Å²) in [7, 11) is -3.65. The van der Waals surface area contributed by atoms with Gasteiger partial charge in [0.05, 0.1) is 5.69 Å². The monoisotopic (exact) mass is 376 g/mol. The van der Waals surface area contributed by atoms with Crippen LogP contribution in [0.2, 0.25) is 0 Å². The van der Waals surface area contributed by atoms with Crippen molar-refractivity contribution in [2.24, 2.45) is 21.5 Å². The minimum atomic E-state index is -3.65. The highest BCUT2D eigenvalue weighted by Crippen LogP contribution is 2.41. The van der Waals surface area contributed by atoms with Crippen LogP contribution in [0.4, 0.5) is 5.69 Å². The van der Waals surface area contributed by atoms with Gasteiger partial charge in [0, 0.05) is 6.04 Å². The molecule has 0 unspecified atom stereocenters. The minimum absolute atomic E-state index is 0.0257. The maximum Gasteiger partial charge on any atom is 0.242 e. The van der Waals surface area contributed by atoms with E-state index in [1.165, 1.54) is 0 Å². The molecule has 2 saturated carbocycles. The van der Waals surface area contributed by atoms with Gasteiger partial charge >= 0.3 is 0 Å². The number of nitrogens with one attached hydrogen (secondary N) is 1. The normalized spacial score (nSPS) is 22.8. The molecule has 9 heteroatoms. The topological polar surface area (TPSA) is 126 Å². The van der Waals surface area contributed by atoms with Crippen molar-refractivity contribution >= 4 is 27.6 Å². The van der Waals surface area contributed by atoms with E-state index in [9.17, 15) is 8.42 Å². The molecule has 0 saturated heterocycles. The van der Waals surface area contributed by atoms with Crippen molar-refractivity contribution < 1.29 is 8.42 Å². The van der Waals surface area contributed by atoms with Crippen molar-refractivity contribution in [1.29, 1.82) is 0 Å². The number of nitrogens with two attached hydrogens (primary N) is 2. The number of benzene rings is 1. The van der Waals surface area contributed by atoms with E-state index in [4.69, 9.17) is 11.5 Å². The van der Waals surface area contributed by atoms with Gasteiger partial charge in [-0.3, -0.25) is 4.90 Å². The highest BCUT2D eigenvalue weighted by atomic mass is 32.2. The van der Waals surface area contributed by atoms with Crippen LogP contribution >= 0.6 is 0 Å². The lowest BCUT2D eigenvalue weighted by Gasteiger charge is -2.46. The molecule has 0 amide bonds. The van der Waals surface area contributed by atoms with Crippen LogP contribution in [0.1, 0.15) is 44.9 Å². The number of aliphatic imine (C=N–C) groups is 2. The van der Waals surface area contributed by atoms with E-state index in [2.05, 4.69) is 14.7 Å². The molecule has 0 bridgehead atoms. The summed E-state index contributed by atoms with van der Waals surface area (Å²) < 4.78 is 28.6. The Bertz CT molecular complexity index is 869. The van der Waals surface area contributed by atoms with Gasteiger partial charge in [0.15, 0.2) is 0 Å². The standard InChI is InChI=1S/C17H24N6O2S/c18-15-20-16(19)23(17(21-15)10-4-1-5-11-17)13-6-2-3-7-14(13)26(24,25)22-12-8-9-12/h2-3,6-7,12,22H,1,4-5,8-11H2,(H4,18,19,20,21). The van der Waals surface area contributed by atoms with Crippen molar-refractivity contribution in [2.45, 2.75) is 61.5 Å². The first-order valence-corrected chi connectivity index (χ1v) is 10.5. The minimum Gasteiger partial charge on any atom is -0.369 e. The van der Waals surface area contributed by atoms with Crippen molar-refractivity contribution in [1.82, 2.24) is 4.72 Å². The fraction of sp³-hybridized carbons (Fsp3) is 0.529. The maximum atomic E-state index is 12.9. The molecule has 2 fully saturated rings. The summed E-state index contributed by atoms with van der Waals surface area (Å²) in [5.41, 5.74) is 12.0. The predicted octanol–water partition coefficient (Wildman–Crippen LogP) is 1.24. The van der Waals surface area contributed by atoms with E-state index in [1.54, 1.807) is 29.2 Å². The third-order valence-electron chi connectivity index (χ3n) is 5.15. The fourth-order valence-electron chi connectivity index (χ4n) is 3.82. The van der Waals surface area contributed by atoms with Gasteiger partial charge in [0.1, 0.15) is 10.6 Å². The summed E-state index contributed by atoms with van der Waals surface area (Å²) in [6.45, 7) is 0. The van der Waals surface area contributed by atoms with Crippen molar-refractivity contribution in [3.8, 4) is 0 Å². The number of hydrogen-bond acceptors (Lipinski definition) is 7. The smallest absolute Gasteiger partial charge is 0.242 e. The molecule has 1 aliphatic heterocycles. The van der Waals surface area contributed by atoms with E-state index in [1.807, 2.05) is 0 Å². The summed E-state index contributed by atoms with van der Waals surface area (Å²) in [4.78, 5) is 10.7. The average molecular weight is 376 g/mol. The number of hydrogen-bond donors (Lipinski definition) is 3. The van der Waals surface area contributed by atoms with Crippen LogP contribution in [-0.4, -0.2) is 32.0 Å². The van der Waals surface area contributed by atoms with Gasteiger partial charge in [-0.15, -0.1) is 0 Å². The maximum absolute atomic E-state index is 12.9. The first kappa shape index (κ1) is 17.3. The molecular formula is C17H24N6O2S. The van der Waals surface area contributed by atoms with Crippen molar-refractivity contribution in [3.63, 3.8) is 0 Å². The summed E-state index contributed by atoms with van der Waals surface area (Å²) in [5.74, 6) is 0.338. The van der Waals surface area contributed by atoms with E-state index in [-0.39, 0.29) is 22.9 Å². The van der Waals surface area contributed by atoms with Gasteiger partial charge < -0.3 is 11.5 Å². The Hall–Kier alpha value is -2.13. The molecule has 1 spiro atoms. The Morgan fingerprint density at radius 2 is 1.81 bits per heavy atom. The average Bonchev–Trinajstić information content (AvgIpc) is 3.38. The summed E-state index contributed by atoms with van der Waals surface area (Å²) in [6, 6.07) is 6.91. The third-order valence-corrected chi connectivity index (χ3v) is 6.71. The third kappa shape index (κ3) is 3.05. The molecule has 0 radical (unpaired) electrons. The molecule has 26 heavy (non-hydrogen) atoms. The molecular weight excluding hydrogens is 352 g/mol. The van der Waals surface area contributed by atoms with E-state index >= 15 is 0 Å². The second-order valence-corrected chi connectivity index (χ2v) is 8.86. The van der Waals surface area contributed by atoms with Gasteiger partial charge in [0.25, 0.3) is 0 Å². The summed E-state index contributed by atoms with van der Waals surface area (Å²) in [6.07, 6.45) is 6.35. The number of sulfonamides is 1. The second kappa shape index (κ2) is 6.24. The zero-order chi connectivity index (χ0) is 18.4. The SMILES string of the molecule is NC1=NC2(CCCCC2)N(c2ccccc2S(=O)(=O)NC2CC2)C(N)=N1. The molecule has 1 aromatic rings.